The molecule has 98 valence electrons. The van der Waals surface area contributed by atoms with E-state index >= 15 is 0 Å². The first kappa shape index (κ1) is 14.9. The normalized spacial score (nSPS) is 13.1. The Balaban J connectivity index is 2.90. The van der Waals surface area contributed by atoms with Crippen LogP contribution in [0.15, 0.2) is 23.1 Å². The molecule has 5 heteroatoms. The van der Waals surface area contributed by atoms with Crippen molar-refractivity contribution in [2.45, 2.75) is 31.3 Å². The van der Waals surface area contributed by atoms with Crippen LogP contribution in [0.4, 0.5) is 13.2 Å². The van der Waals surface area contributed by atoms with Gasteiger partial charge in [0.15, 0.2) is 0 Å². The van der Waals surface area contributed by atoms with Gasteiger partial charge in [0, 0.05) is 10.6 Å². The van der Waals surface area contributed by atoms with Crippen molar-refractivity contribution in [1.82, 2.24) is 0 Å². The van der Waals surface area contributed by atoms with Crippen LogP contribution in [-0.2, 0) is 6.18 Å². The Kier molecular flexibility index (Phi) is 5.09. The highest BCUT2D eigenvalue weighted by Crippen LogP contribution is 2.34. The maximum atomic E-state index is 12.6. The standard InChI is InChI=1S/C13H14F3NS/c1-3-9(2)8-18-11-4-5-12(13(14,15)16)10(6-11)7-17/h4-6,9H,3,8H2,1-2H3. The molecule has 0 heterocycles. The van der Waals surface area contributed by atoms with Gasteiger partial charge in [-0.2, -0.15) is 18.4 Å². The molecule has 18 heavy (non-hydrogen) atoms. The molecule has 0 saturated heterocycles. The number of hydrogen-bond acceptors (Lipinski definition) is 2. The number of halogens is 3. The lowest BCUT2D eigenvalue weighted by Crippen LogP contribution is -2.07. The topological polar surface area (TPSA) is 23.8 Å². The summed E-state index contributed by atoms with van der Waals surface area (Å²) in [5, 5.41) is 8.77. The first-order chi connectivity index (χ1) is 8.38. The average molecular weight is 273 g/mol. The second kappa shape index (κ2) is 6.14. The van der Waals surface area contributed by atoms with Gasteiger partial charge < -0.3 is 0 Å². The van der Waals surface area contributed by atoms with E-state index in [4.69, 9.17) is 5.26 Å². The second-order valence-electron chi connectivity index (χ2n) is 4.14. The first-order valence-corrected chi connectivity index (χ1v) is 6.61. The monoisotopic (exact) mass is 273 g/mol. The summed E-state index contributed by atoms with van der Waals surface area (Å²) in [4.78, 5) is 0.708. The summed E-state index contributed by atoms with van der Waals surface area (Å²) in [6, 6.07) is 5.34. The molecule has 1 rings (SSSR count). The van der Waals surface area contributed by atoms with Crippen LogP contribution in [-0.4, -0.2) is 5.75 Å². The SMILES string of the molecule is CCC(C)CSc1ccc(C(F)(F)F)c(C#N)c1. The van der Waals surface area contributed by atoms with E-state index in [0.717, 1.165) is 18.2 Å². The third-order valence-corrected chi connectivity index (χ3v) is 3.97. The number of rotatable bonds is 4. The van der Waals surface area contributed by atoms with E-state index in [1.807, 2.05) is 0 Å². The summed E-state index contributed by atoms with van der Waals surface area (Å²) in [6.07, 6.45) is -3.44. The maximum absolute atomic E-state index is 12.6. The van der Waals surface area contributed by atoms with E-state index in [-0.39, 0.29) is 5.56 Å². The molecule has 0 fully saturated rings. The predicted octanol–water partition coefficient (Wildman–Crippen LogP) is 4.72. The molecule has 0 amide bonds. The van der Waals surface area contributed by atoms with Gasteiger partial charge in [0.1, 0.15) is 0 Å². The molecule has 1 nitrogen and oxygen atoms in total. The van der Waals surface area contributed by atoms with Crippen molar-refractivity contribution in [2.75, 3.05) is 5.75 Å². The van der Waals surface area contributed by atoms with Gasteiger partial charge in [-0.1, -0.05) is 20.3 Å². The van der Waals surface area contributed by atoms with Crippen LogP contribution in [0.1, 0.15) is 31.4 Å². The molecule has 1 aromatic rings. The van der Waals surface area contributed by atoms with E-state index in [1.54, 1.807) is 6.07 Å². The van der Waals surface area contributed by atoms with Crippen LogP contribution in [0.3, 0.4) is 0 Å². The lowest BCUT2D eigenvalue weighted by Gasteiger charge is -2.11. The Hall–Kier alpha value is -1.15. The average Bonchev–Trinajstić information content (AvgIpc) is 2.34. The Bertz CT molecular complexity index is 449. The summed E-state index contributed by atoms with van der Waals surface area (Å²) in [6.45, 7) is 4.15. The van der Waals surface area contributed by atoms with Gasteiger partial charge in [-0.15, -0.1) is 11.8 Å². The molecule has 1 atom stereocenters. The summed E-state index contributed by atoms with van der Waals surface area (Å²) >= 11 is 1.48. The smallest absolute Gasteiger partial charge is 0.192 e. The summed E-state index contributed by atoms with van der Waals surface area (Å²) in [7, 11) is 0. The summed E-state index contributed by atoms with van der Waals surface area (Å²) in [5.74, 6) is 1.34. The number of benzene rings is 1. The molecule has 0 bridgehead atoms. The van der Waals surface area contributed by atoms with Crippen LogP contribution in [0.2, 0.25) is 0 Å². The Morgan fingerprint density at radius 3 is 2.56 bits per heavy atom. The number of nitrogens with zero attached hydrogens (tertiary/aromatic N) is 1. The van der Waals surface area contributed by atoms with Gasteiger partial charge in [0.05, 0.1) is 17.2 Å². The molecule has 0 spiro atoms. The summed E-state index contributed by atoms with van der Waals surface area (Å²) in [5.41, 5.74) is -1.17. The van der Waals surface area contributed by atoms with E-state index in [2.05, 4.69) is 13.8 Å². The molecule has 0 aliphatic rings. The molecule has 0 aliphatic heterocycles. The maximum Gasteiger partial charge on any atom is 0.417 e. The van der Waals surface area contributed by atoms with Crippen LogP contribution in [0, 0.1) is 17.2 Å². The lowest BCUT2D eigenvalue weighted by atomic mass is 10.1. The van der Waals surface area contributed by atoms with E-state index in [0.29, 0.717) is 10.8 Å². The Morgan fingerprint density at radius 1 is 1.39 bits per heavy atom. The van der Waals surface area contributed by atoms with Crippen molar-refractivity contribution in [2.24, 2.45) is 5.92 Å². The second-order valence-corrected chi connectivity index (χ2v) is 5.23. The van der Waals surface area contributed by atoms with Gasteiger partial charge in [-0.3, -0.25) is 0 Å². The van der Waals surface area contributed by atoms with Crippen LogP contribution in [0.25, 0.3) is 0 Å². The lowest BCUT2D eigenvalue weighted by molar-refractivity contribution is -0.137. The van der Waals surface area contributed by atoms with Crippen molar-refractivity contribution in [3.8, 4) is 6.07 Å². The molecule has 0 saturated carbocycles. The molecular weight excluding hydrogens is 259 g/mol. The van der Waals surface area contributed by atoms with Crippen LogP contribution < -0.4 is 0 Å². The van der Waals surface area contributed by atoms with E-state index in [9.17, 15) is 13.2 Å². The van der Waals surface area contributed by atoms with Crippen molar-refractivity contribution >= 4 is 11.8 Å². The zero-order chi connectivity index (χ0) is 13.8. The fraction of sp³-hybridized carbons (Fsp3) is 0.462. The van der Waals surface area contributed by atoms with Crippen molar-refractivity contribution in [1.29, 1.82) is 5.26 Å². The minimum Gasteiger partial charge on any atom is -0.192 e. The number of nitriles is 1. The van der Waals surface area contributed by atoms with Gasteiger partial charge in [-0.05, 0) is 24.1 Å². The highest BCUT2D eigenvalue weighted by atomic mass is 32.2. The Morgan fingerprint density at radius 2 is 2.06 bits per heavy atom. The molecule has 0 aromatic heterocycles. The van der Waals surface area contributed by atoms with Crippen LogP contribution in [0.5, 0.6) is 0 Å². The molecule has 0 aliphatic carbocycles. The van der Waals surface area contributed by atoms with E-state index < -0.39 is 11.7 Å². The zero-order valence-electron chi connectivity index (χ0n) is 10.2. The van der Waals surface area contributed by atoms with Gasteiger partial charge in [0.25, 0.3) is 0 Å². The quantitative estimate of drug-likeness (QED) is 0.741. The molecular formula is C13H14F3NS. The fourth-order valence-electron chi connectivity index (χ4n) is 1.31. The van der Waals surface area contributed by atoms with Gasteiger partial charge in [-0.25, -0.2) is 0 Å². The molecule has 1 unspecified atom stereocenters. The number of hydrogen-bond donors (Lipinski definition) is 0. The number of thioether (sulfide) groups is 1. The Labute approximate surface area is 109 Å². The first-order valence-electron chi connectivity index (χ1n) is 5.62. The predicted molar refractivity (Wildman–Crippen MR) is 66.3 cm³/mol. The van der Waals surface area contributed by atoms with Crippen LogP contribution >= 0.6 is 11.8 Å². The summed E-state index contributed by atoms with van der Waals surface area (Å²) < 4.78 is 37.7. The van der Waals surface area contributed by atoms with Gasteiger partial charge in [0.2, 0.25) is 0 Å². The highest BCUT2D eigenvalue weighted by molar-refractivity contribution is 7.99. The van der Waals surface area contributed by atoms with Gasteiger partial charge >= 0.3 is 6.18 Å². The molecule has 1 aromatic carbocycles. The minimum absolute atomic E-state index is 0.309. The molecule has 0 N–H and O–H groups in total. The minimum atomic E-state index is -4.47. The fourth-order valence-corrected chi connectivity index (χ4v) is 2.39. The van der Waals surface area contributed by atoms with E-state index in [1.165, 1.54) is 23.9 Å². The largest absolute Gasteiger partial charge is 0.417 e. The third kappa shape index (κ3) is 3.95. The molecule has 0 radical (unpaired) electrons. The van der Waals surface area contributed by atoms with Crippen molar-refractivity contribution < 1.29 is 13.2 Å². The number of alkyl halides is 3. The van der Waals surface area contributed by atoms with Crippen molar-refractivity contribution in [3.05, 3.63) is 29.3 Å². The third-order valence-electron chi connectivity index (χ3n) is 2.65. The van der Waals surface area contributed by atoms with Crippen molar-refractivity contribution in [3.63, 3.8) is 0 Å². The highest BCUT2D eigenvalue weighted by Gasteiger charge is 2.33. The zero-order valence-corrected chi connectivity index (χ0v) is 11.0.